The van der Waals surface area contributed by atoms with Gasteiger partial charge in [-0.15, -0.1) is 5.92 Å². The molecule has 0 bridgehead atoms. The molecule has 0 spiro atoms. The van der Waals surface area contributed by atoms with E-state index in [-0.39, 0.29) is 0 Å². The predicted octanol–water partition coefficient (Wildman–Crippen LogP) is 5.13. The zero-order valence-corrected chi connectivity index (χ0v) is 11.9. The lowest BCUT2D eigenvalue weighted by Gasteiger charge is -1.90. The molecule has 0 heteroatoms. The third-order valence-corrected chi connectivity index (χ3v) is 2.77. The first-order chi connectivity index (χ1) is 8.65. The number of allylic oxidation sites excluding steroid dienone is 10. The lowest BCUT2D eigenvalue weighted by Crippen LogP contribution is -1.72. The highest BCUT2D eigenvalue weighted by Gasteiger charge is 1.99. The highest BCUT2D eigenvalue weighted by molar-refractivity contribution is 5.40. The van der Waals surface area contributed by atoms with Crippen molar-refractivity contribution in [3.8, 4) is 11.8 Å². The van der Waals surface area contributed by atoms with Gasteiger partial charge in [0.1, 0.15) is 0 Å². The summed E-state index contributed by atoms with van der Waals surface area (Å²) in [5.74, 6) is 5.91. The molecule has 0 atom stereocenters. The van der Waals surface area contributed by atoms with E-state index in [2.05, 4.69) is 69.1 Å². The monoisotopic (exact) mass is 238 g/mol. The molecule has 18 heavy (non-hydrogen) atoms. The van der Waals surface area contributed by atoms with Crippen LogP contribution in [-0.2, 0) is 0 Å². The molecule has 2 aliphatic rings. The molecule has 0 aromatic rings. The van der Waals surface area contributed by atoms with Gasteiger partial charge in [-0.2, -0.15) is 0 Å². The Balaban J connectivity index is 0.000000180. The zero-order chi connectivity index (χ0) is 13.4. The van der Waals surface area contributed by atoms with Crippen molar-refractivity contribution in [2.75, 3.05) is 0 Å². The van der Waals surface area contributed by atoms with Gasteiger partial charge in [0.05, 0.1) is 0 Å². The summed E-state index contributed by atoms with van der Waals surface area (Å²) in [5.41, 5.74) is 5.54. The average Bonchev–Trinajstić information content (AvgIpc) is 2.90. The van der Waals surface area contributed by atoms with Crippen molar-refractivity contribution < 1.29 is 0 Å². The lowest BCUT2D eigenvalue weighted by molar-refractivity contribution is 1.19. The highest BCUT2D eigenvalue weighted by atomic mass is 14.0. The predicted molar refractivity (Wildman–Crippen MR) is 81.2 cm³/mol. The van der Waals surface area contributed by atoms with Gasteiger partial charge in [0.2, 0.25) is 0 Å². The molecular weight excluding hydrogens is 216 g/mol. The van der Waals surface area contributed by atoms with E-state index in [0.29, 0.717) is 0 Å². The zero-order valence-electron chi connectivity index (χ0n) is 11.9. The van der Waals surface area contributed by atoms with Gasteiger partial charge in [-0.1, -0.05) is 53.5 Å². The molecule has 0 nitrogen and oxygen atoms in total. The minimum atomic E-state index is 1.06. The number of rotatable bonds is 1. The first kappa shape index (κ1) is 14.3. The largest absolute Gasteiger partial charge is 0.102 e. The Morgan fingerprint density at radius 1 is 1.00 bits per heavy atom. The fraction of sp³-hybridized carbons (Fsp3) is 0.333. The van der Waals surface area contributed by atoms with Crippen molar-refractivity contribution in [3.63, 3.8) is 0 Å². The van der Waals surface area contributed by atoms with Gasteiger partial charge in [0, 0.05) is 12.0 Å². The van der Waals surface area contributed by atoms with Crippen LogP contribution in [0.5, 0.6) is 0 Å². The van der Waals surface area contributed by atoms with Crippen molar-refractivity contribution in [2.24, 2.45) is 0 Å². The molecule has 0 saturated heterocycles. The van der Waals surface area contributed by atoms with Gasteiger partial charge in [0.15, 0.2) is 0 Å². The SMILES string of the molecule is C/C=C/C1=CC=C(C)C1.CC#CC1=CC=C(C)C1. The van der Waals surface area contributed by atoms with Crippen molar-refractivity contribution in [1.82, 2.24) is 0 Å². The van der Waals surface area contributed by atoms with Crippen LogP contribution in [0.15, 0.2) is 58.7 Å². The molecule has 0 unspecified atom stereocenters. The normalized spacial score (nSPS) is 17.1. The molecule has 0 radical (unpaired) electrons. The molecule has 0 N–H and O–H groups in total. The van der Waals surface area contributed by atoms with Crippen LogP contribution in [0.2, 0.25) is 0 Å². The molecule has 2 rings (SSSR count). The molecule has 0 amide bonds. The Morgan fingerprint density at radius 2 is 1.67 bits per heavy atom. The van der Waals surface area contributed by atoms with Crippen molar-refractivity contribution in [1.29, 1.82) is 0 Å². The Morgan fingerprint density at radius 3 is 2.11 bits per heavy atom. The summed E-state index contributed by atoms with van der Waals surface area (Å²) in [6.45, 7) is 8.21. The van der Waals surface area contributed by atoms with Crippen molar-refractivity contribution in [3.05, 3.63) is 58.7 Å². The average molecular weight is 238 g/mol. The summed E-state index contributed by atoms with van der Waals surface area (Å²) in [7, 11) is 0. The summed E-state index contributed by atoms with van der Waals surface area (Å²) in [4.78, 5) is 0. The van der Waals surface area contributed by atoms with E-state index < -0.39 is 0 Å². The van der Waals surface area contributed by atoms with E-state index >= 15 is 0 Å². The van der Waals surface area contributed by atoms with Gasteiger partial charge in [-0.05, 0) is 39.7 Å². The van der Waals surface area contributed by atoms with Crippen LogP contribution >= 0.6 is 0 Å². The van der Waals surface area contributed by atoms with E-state index in [1.807, 2.05) is 6.92 Å². The van der Waals surface area contributed by atoms with Crippen molar-refractivity contribution in [2.45, 2.75) is 40.5 Å². The molecule has 0 heterocycles. The molecule has 0 saturated carbocycles. The summed E-state index contributed by atoms with van der Waals surface area (Å²) in [6.07, 6.45) is 15.0. The van der Waals surface area contributed by atoms with Crippen LogP contribution in [0.25, 0.3) is 0 Å². The molecule has 0 aromatic heterocycles. The first-order valence-electron chi connectivity index (χ1n) is 6.43. The molecule has 0 fully saturated rings. The standard InChI is InChI=1S/C9H12.C9H10/c2*1-3-4-9-6-5-8(2)7-9/h3-6H,7H2,1-2H3;5-6H,7H2,1-2H3/b4-3+;. The third kappa shape index (κ3) is 5.06. The van der Waals surface area contributed by atoms with Crippen molar-refractivity contribution >= 4 is 0 Å². The van der Waals surface area contributed by atoms with Crippen LogP contribution in [0.1, 0.15) is 40.5 Å². The molecule has 0 aromatic carbocycles. The van der Waals surface area contributed by atoms with E-state index in [4.69, 9.17) is 0 Å². The maximum absolute atomic E-state index is 3.03. The molecule has 2 aliphatic carbocycles. The Bertz CT molecular complexity index is 494. The fourth-order valence-corrected chi connectivity index (χ4v) is 1.93. The lowest BCUT2D eigenvalue weighted by atomic mass is 10.2. The van der Waals surface area contributed by atoms with Gasteiger partial charge < -0.3 is 0 Å². The number of hydrogen-bond acceptors (Lipinski definition) is 0. The second kappa shape index (κ2) is 7.56. The van der Waals surface area contributed by atoms with Crippen LogP contribution in [0.4, 0.5) is 0 Å². The van der Waals surface area contributed by atoms with E-state index in [1.165, 1.54) is 22.3 Å². The number of hydrogen-bond donors (Lipinski definition) is 0. The Kier molecular flexibility index (Phi) is 6.01. The van der Waals surface area contributed by atoms with Crippen LogP contribution in [0, 0.1) is 11.8 Å². The van der Waals surface area contributed by atoms with E-state index in [1.54, 1.807) is 0 Å². The first-order valence-corrected chi connectivity index (χ1v) is 6.43. The molecule has 0 aliphatic heterocycles. The van der Waals surface area contributed by atoms with Crippen LogP contribution in [-0.4, -0.2) is 0 Å². The molecular formula is C18H22. The Labute approximate surface area is 111 Å². The summed E-state index contributed by atoms with van der Waals surface area (Å²) in [5, 5.41) is 0. The second-order valence-corrected chi connectivity index (χ2v) is 4.69. The topological polar surface area (TPSA) is 0 Å². The summed E-state index contributed by atoms with van der Waals surface area (Å²) in [6, 6.07) is 0. The summed E-state index contributed by atoms with van der Waals surface area (Å²) >= 11 is 0. The maximum Gasteiger partial charge on any atom is 0.00606 e. The Hall–Kier alpha value is -1.74. The minimum absolute atomic E-state index is 1.06. The highest BCUT2D eigenvalue weighted by Crippen LogP contribution is 2.18. The van der Waals surface area contributed by atoms with Gasteiger partial charge in [-0.3, -0.25) is 0 Å². The van der Waals surface area contributed by atoms with Crippen LogP contribution < -0.4 is 0 Å². The smallest absolute Gasteiger partial charge is 0.00606 e. The molecule has 94 valence electrons. The fourth-order valence-electron chi connectivity index (χ4n) is 1.93. The third-order valence-electron chi connectivity index (χ3n) is 2.77. The van der Waals surface area contributed by atoms with Gasteiger partial charge in [-0.25, -0.2) is 0 Å². The summed E-state index contributed by atoms with van der Waals surface area (Å²) < 4.78 is 0. The van der Waals surface area contributed by atoms with Gasteiger partial charge >= 0.3 is 0 Å². The minimum Gasteiger partial charge on any atom is -0.102 e. The van der Waals surface area contributed by atoms with Gasteiger partial charge in [0.25, 0.3) is 0 Å². The quantitative estimate of drug-likeness (QED) is 0.556. The maximum atomic E-state index is 3.03. The van der Waals surface area contributed by atoms with E-state index in [0.717, 1.165) is 12.8 Å². The second-order valence-electron chi connectivity index (χ2n) is 4.69. The van der Waals surface area contributed by atoms with E-state index in [9.17, 15) is 0 Å². The van der Waals surface area contributed by atoms with Crippen LogP contribution in [0.3, 0.4) is 0 Å².